The van der Waals surface area contributed by atoms with Crippen LogP contribution in [0.25, 0.3) is 0 Å². The smallest absolute Gasteiger partial charge is 0.0826 e. The molecule has 1 fully saturated rings. The van der Waals surface area contributed by atoms with Crippen LogP contribution in [0.4, 0.5) is 0 Å². The number of halogens is 1. The van der Waals surface area contributed by atoms with E-state index in [0.29, 0.717) is 6.10 Å². The van der Waals surface area contributed by atoms with E-state index in [1.54, 1.807) is 6.20 Å². The number of pyridine rings is 1. The van der Waals surface area contributed by atoms with Gasteiger partial charge in [-0.05, 0) is 34.6 Å². The standard InChI is InChI=1S/C12H18BrN3O/c1-16-2-3-17-12(9-16)8-15-6-10-4-11(13)7-14-5-10/h4-5,7,12,15H,2-3,6,8-9H2,1H3/t12-/m0/s1. The number of rotatable bonds is 4. The summed E-state index contributed by atoms with van der Waals surface area (Å²) in [6.07, 6.45) is 3.97. The Morgan fingerprint density at radius 2 is 2.47 bits per heavy atom. The highest BCUT2D eigenvalue weighted by Gasteiger charge is 2.16. The molecule has 0 aliphatic carbocycles. The lowest BCUT2D eigenvalue weighted by atomic mass is 10.2. The van der Waals surface area contributed by atoms with Crippen LogP contribution in [0.5, 0.6) is 0 Å². The highest BCUT2D eigenvalue weighted by Crippen LogP contribution is 2.09. The van der Waals surface area contributed by atoms with E-state index in [0.717, 1.165) is 37.3 Å². The van der Waals surface area contributed by atoms with Crippen molar-refractivity contribution in [3.63, 3.8) is 0 Å². The Kier molecular flexibility index (Phi) is 4.91. The highest BCUT2D eigenvalue weighted by molar-refractivity contribution is 9.10. The molecule has 1 atom stereocenters. The van der Waals surface area contributed by atoms with Crippen LogP contribution in [-0.2, 0) is 11.3 Å². The van der Waals surface area contributed by atoms with Gasteiger partial charge in [0.1, 0.15) is 0 Å². The van der Waals surface area contributed by atoms with E-state index in [1.165, 1.54) is 5.56 Å². The van der Waals surface area contributed by atoms with Gasteiger partial charge < -0.3 is 15.0 Å². The quantitative estimate of drug-likeness (QED) is 0.908. The van der Waals surface area contributed by atoms with Crippen molar-refractivity contribution in [3.8, 4) is 0 Å². The van der Waals surface area contributed by atoms with Gasteiger partial charge in [0, 0.05) is 43.0 Å². The summed E-state index contributed by atoms with van der Waals surface area (Å²) in [6, 6.07) is 2.08. The summed E-state index contributed by atoms with van der Waals surface area (Å²) in [7, 11) is 2.13. The highest BCUT2D eigenvalue weighted by atomic mass is 79.9. The topological polar surface area (TPSA) is 37.4 Å². The Labute approximate surface area is 110 Å². The molecule has 1 aromatic rings. The van der Waals surface area contributed by atoms with Gasteiger partial charge in [-0.25, -0.2) is 0 Å². The molecule has 1 aliphatic rings. The molecule has 2 rings (SSSR count). The molecule has 0 saturated carbocycles. The number of aromatic nitrogens is 1. The maximum Gasteiger partial charge on any atom is 0.0826 e. The molecule has 1 aromatic heterocycles. The number of ether oxygens (including phenoxy) is 1. The Morgan fingerprint density at radius 1 is 1.59 bits per heavy atom. The number of hydrogen-bond acceptors (Lipinski definition) is 4. The second-order valence-electron chi connectivity index (χ2n) is 4.40. The zero-order chi connectivity index (χ0) is 12.1. The molecule has 0 bridgehead atoms. The molecule has 0 unspecified atom stereocenters. The van der Waals surface area contributed by atoms with E-state index in [2.05, 4.69) is 44.2 Å². The lowest BCUT2D eigenvalue weighted by molar-refractivity contribution is -0.0182. The van der Waals surface area contributed by atoms with Crippen molar-refractivity contribution in [2.75, 3.05) is 33.3 Å². The zero-order valence-electron chi connectivity index (χ0n) is 10.0. The number of hydrogen-bond donors (Lipinski definition) is 1. The van der Waals surface area contributed by atoms with Gasteiger partial charge in [-0.3, -0.25) is 4.98 Å². The lowest BCUT2D eigenvalue weighted by Crippen LogP contribution is -2.44. The molecule has 0 amide bonds. The van der Waals surface area contributed by atoms with Crippen molar-refractivity contribution >= 4 is 15.9 Å². The summed E-state index contributed by atoms with van der Waals surface area (Å²) in [4.78, 5) is 6.44. The molecule has 1 saturated heterocycles. The Hall–Kier alpha value is -0.490. The fourth-order valence-electron chi connectivity index (χ4n) is 1.92. The van der Waals surface area contributed by atoms with Crippen LogP contribution in [0.15, 0.2) is 22.9 Å². The first-order valence-corrected chi connectivity index (χ1v) is 6.63. The molecule has 1 aliphatic heterocycles. The first-order valence-electron chi connectivity index (χ1n) is 5.84. The third kappa shape index (κ3) is 4.35. The molecule has 17 heavy (non-hydrogen) atoms. The number of nitrogens with zero attached hydrogens (tertiary/aromatic N) is 2. The predicted octanol–water partition coefficient (Wildman–Crippen LogP) is 1.26. The fraction of sp³-hybridized carbons (Fsp3) is 0.583. The second-order valence-corrected chi connectivity index (χ2v) is 5.31. The van der Waals surface area contributed by atoms with Gasteiger partial charge >= 0.3 is 0 Å². The Morgan fingerprint density at radius 3 is 3.24 bits per heavy atom. The summed E-state index contributed by atoms with van der Waals surface area (Å²) >= 11 is 3.42. The molecule has 0 spiro atoms. The van der Waals surface area contributed by atoms with Gasteiger partial charge in [-0.1, -0.05) is 0 Å². The van der Waals surface area contributed by atoms with Gasteiger partial charge in [-0.15, -0.1) is 0 Å². The SMILES string of the molecule is CN1CCO[C@@H](CNCc2cncc(Br)c2)C1. The molecular weight excluding hydrogens is 282 g/mol. The number of nitrogens with one attached hydrogen (secondary N) is 1. The monoisotopic (exact) mass is 299 g/mol. The van der Waals surface area contributed by atoms with Crippen LogP contribution >= 0.6 is 15.9 Å². The van der Waals surface area contributed by atoms with Crippen LogP contribution in [-0.4, -0.2) is 49.3 Å². The van der Waals surface area contributed by atoms with Crippen molar-refractivity contribution in [2.24, 2.45) is 0 Å². The molecule has 1 N–H and O–H groups in total. The summed E-state index contributed by atoms with van der Waals surface area (Å²) in [6.45, 7) is 4.59. The van der Waals surface area contributed by atoms with Crippen LogP contribution < -0.4 is 5.32 Å². The minimum absolute atomic E-state index is 0.300. The van der Waals surface area contributed by atoms with Crippen LogP contribution in [0.3, 0.4) is 0 Å². The van der Waals surface area contributed by atoms with Crippen molar-refractivity contribution in [2.45, 2.75) is 12.6 Å². The maximum atomic E-state index is 5.68. The van der Waals surface area contributed by atoms with E-state index < -0.39 is 0 Å². The van der Waals surface area contributed by atoms with Gasteiger partial charge in [-0.2, -0.15) is 0 Å². The van der Waals surface area contributed by atoms with Crippen molar-refractivity contribution in [3.05, 3.63) is 28.5 Å². The first kappa shape index (κ1) is 13.0. The van der Waals surface area contributed by atoms with E-state index in [9.17, 15) is 0 Å². The fourth-order valence-corrected chi connectivity index (χ4v) is 2.33. The van der Waals surface area contributed by atoms with Gasteiger partial charge in [0.2, 0.25) is 0 Å². The van der Waals surface area contributed by atoms with E-state index in [-0.39, 0.29) is 0 Å². The molecule has 5 heteroatoms. The minimum Gasteiger partial charge on any atom is -0.374 e. The summed E-state index contributed by atoms with van der Waals surface area (Å²) < 4.78 is 6.70. The molecule has 4 nitrogen and oxygen atoms in total. The molecule has 0 radical (unpaired) electrons. The normalized spacial score (nSPS) is 21.6. The third-order valence-electron chi connectivity index (χ3n) is 2.80. The lowest BCUT2D eigenvalue weighted by Gasteiger charge is -2.30. The molecule has 2 heterocycles. The van der Waals surface area contributed by atoms with E-state index in [4.69, 9.17) is 4.74 Å². The number of likely N-dealkylation sites (N-methyl/N-ethyl adjacent to an activating group) is 1. The maximum absolute atomic E-state index is 5.68. The minimum atomic E-state index is 0.300. The average molecular weight is 300 g/mol. The largest absolute Gasteiger partial charge is 0.374 e. The van der Waals surface area contributed by atoms with Crippen LogP contribution in [0.1, 0.15) is 5.56 Å². The second kappa shape index (κ2) is 6.44. The van der Waals surface area contributed by atoms with Crippen LogP contribution in [0, 0.1) is 0 Å². The first-order chi connectivity index (χ1) is 8.24. The van der Waals surface area contributed by atoms with E-state index in [1.807, 2.05) is 6.20 Å². The predicted molar refractivity (Wildman–Crippen MR) is 70.9 cm³/mol. The molecular formula is C12H18BrN3O. The van der Waals surface area contributed by atoms with Crippen molar-refractivity contribution < 1.29 is 4.74 Å². The van der Waals surface area contributed by atoms with Gasteiger partial charge in [0.25, 0.3) is 0 Å². The van der Waals surface area contributed by atoms with Crippen molar-refractivity contribution in [1.82, 2.24) is 15.2 Å². The zero-order valence-corrected chi connectivity index (χ0v) is 11.6. The summed E-state index contributed by atoms with van der Waals surface area (Å²) in [5.74, 6) is 0. The summed E-state index contributed by atoms with van der Waals surface area (Å²) in [5.41, 5.74) is 1.18. The van der Waals surface area contributed by atoms with Gasteiger partial charge in [0.15, 0.2) is 0 Å². The molecule has 0 aromatic carbocycles. The van der Waals surface area contributed by atoms with Crippen LogP contribution in [0.2, 0.25) is 0 Å². The third-order valence-corrected chi connectivity index (χ3v) is 3.24. The Balaban J connectivity index is 1.72. The molecule has 94 valence electrons. The van der Waals surface area contributed by atoms with E-state index >= 15 is 0 Å². The van der Waals surface area contributed by atoms with Gasteiger partial charge in [0.05, 0.1) is 12.7 Å². The number of morpholine rings is 1. The Bertz CT molecular complexity index is 361. The van der Waals surface area contributed by atoms with Crippen molar-refractivity contribution in [1.29, 1.82) is 0 Å². The summed E-state index contributed by atoms with van der Waals surface area (Å²) in [5, 5.41) is 3.41. The average Bonchev–Trinajstić information content (AvgIpc) is 2.29.